The number of rotatable bonds is 1. The number of fused-ring (bicyclic) bond motifs is 5. The molecule has 2 saturated heterocycles. The molecule has 41 heavy (non-hydrogen) atoms. The van der Waals surface area contributed by atoms with Crippen molar-refractivity contribution in [1.29, 1.82) is 0 Å². The summed E-state index contributed by atoms with van der Waals surface area (Å²) in [5, 5.41) is 23.0. The van der Waals surface area contributed by atoms with Crippen molar-refractivity contribution in [1.82, 2.24) is 15.1 Å². The zero-order valence-electron chi connectivity index (χ0n) is 24.4. The van der Waals surface area contributed by atoms with Gasteiger partial charge < -0.3 is 39.4 Å². The molecule has 0 saturated carbocycles. The summed E-state index contributed by atoms with van der Waals surface area (Å²) in [5.41, 5.74) is 1.77. The van der Waals surface area contributed by atoms with Crippen LogP contribution < -0.4 is 10.1 Å². The van der Waals surface area contributed by atoms with Crippen LogP contribution in [0.15, 0.2) is 18.2 Å². The number of cyclic esters (lactones) is 1. The van der Waals surface area contributed by atoms with E-state index >= 15 is 0 Å². The zero-order valence-corrected chi connectivity index (χ0v) is 24.4. The van der Waals surface area contributed by atoms with Crippen LogP contribution >= 0.6 is 0 Å². The quantitative estimate of drug-likeness (QED) is 0.341. The number of nitrogens with zero attached hydrogens (tertiary/aromatic N) is 2. The molecule has 2 fully saturated rings. The Hall–Kier alpha value is -2.44. The molecule has 1 aromatic rings. The van der Waals surface area contributed by atoms with Crippen LogP contribution in [0.4, 0.5) is 4.79 Å². The summed E-state index contributed by atoms with van der Waals surface area (Å²) in [6.45, 7) is 8.11. The number of hydrogen-bond acceptors (Lipinski definition) is 9. The normalized spacial score (nSPS) is 32.0. The highest BCUT2D eigenvalue weighted by atomic mass is 16.8. The second kappa shape index (κ2) is 12.8. The van der Waals surface area contributed by atoms with Gasteiger partial charge in [-0.05, 0) is 29.9 Å². The first-order valence-corrected chi connectivity index (χ1v) is 15.0. The highest BCUT2D eigenvalue weighted by molar-refractivity contribution is 5.87. The van der Waals surface area contributed by atoms with Gasteiger partial charge in [-0.25, -0.2) is 4.79 Å². The zero-order chi connectivity index (χ0) is 29.1. The van der Waals surface area contributed by atoms with Crippen LogP contribution in [-0.2, 0) is 32.1 Å². The van der Waals surface area contributed by atoms with Crippen LogP contribution in [0.5, 0.6) is 5.75 Å². The van der Waals surface area contributed by atoms with Crippen LogP contribution in [0.1, 0.15) is 76.8 Å². The first-order chi connectivity index (χ1) is 19.6. The first kappa shape index (κ1) is 30.0. The highest BCUT2D eigenvalue weighted by Gasteiger charge is 2.51. The lowest BCUT2D eigenvalue weighted by Crippen LogP contribution is -2.57. The average Bonchev–Trinajstić information content (AvgIpc) is 3.32. The van der Waals surface area contributed by atoms with Gasteiger partial charge in [0.25, 0.3) is 0 Å². The standard InChI is InChI=1S/C30H45N3O8/c1-30(2,3)24-25(34)33-17-20(15-22(33)27(35)36)40-28-26(41-28)32-16-19-11-10-12-23(21(19)18-32)38-13-8-6-4-5-7-9-14-39-29(37)31-24/h10-12,20,22,24,26-28,35-36H,4-9,13-18H2,1-3H3,(H,31,37). The van der Waals surface area contributed by atoms with E-state index < -0.39 is 48.2 Å². The molecule has 0 radical (unpaired) electrons. The molecule has 228 valence electrons. The molecule has 6 atom stereocenters. The number of hydrogen-bond donors (Lipinski definition) is 3. The molecule has 5 rings (SSSR count). The second-order valence-electron chi connectivity index (χ2n) is 12.7. The minimum absolute atomic E-state index is 0.162. The van der Waals surface area contributed by atoms with Crippen molar-refractivity contribution in [2.75, 3.05) is 19.8 Å². The fraction of sp³-hybridized carbons (Fsp3) is 0.733. The van der Waals surface area contributed by atoms with Gasteiger partial charge in [-0.3, -0.25) is 9.69 Å². The number of ether oxygens (including phenoxy) is 4. The Morgan fingerprint density at radius 2 is 1.66 bits per heavy atom. The minimum atomic E-state index is -1.75. The smallest absolute Gasteiger partial charge is 0.407 e. The molecule has 0 aliphatic carbocycles. The summed E-state index contributed by atoms with van der Waals surface area (Å²) in [6, 6.07) is 4.40. The van der Waals surface area contributed by atoms with E-state index in [4.69, 9.17) is 18.9 Å². The molecule has 11 heteroatoms. The van der Waals surface area contributed by atoms with E-state index in [9.17, 15) is 19.8 Å². The van der Waals surface area contributed by atoms with E-state index in [-0.39, 0.29) is 25.8 Å². The maximum absolute atomic E-state index is 13.7. The van der Waals surface area contributed by atoms with Crippen LogP contribution in [-0.4, -0.2) is 88.8 Å². The summed E-state index contributed by atoms with van der Waals surface area (Å²) in [5.74, 6) is 0.523. The SMILES string of the molecule is CC(C)(C)C1NC(=O)OCCCCCCCCOc2cccc3c2CN(C3)C2OC2OC2CC(C(O)O)N(C2)C1=O. The molecule has 4 bridgehead atoms. The number of carbonyl (C=O) groups excluding carboxylic acids is 2. The summed E-state index contributed by atoms with van der Waals surface area (Å²) >= 11 is 0. The highest BCUT2D eigenvalue weighted by Crippen LogP contribution is 2.39. The first-order valence-electron chi connectivity index (χ1n) is 15.0. The molecule has 4 aliphatic heterocycles. The molecule has 2 amide bonds. The molecule has 1 aromatic carbocycles. The van der Waals surface area contributed by atoms with Gasteiger partial charge in [0, 0.05) is 31.6 Å². The third kappa shape index (κ3) is 7.32. The Morgan fingerprint density at radius 1 is 0.951 bits per heavy atom. The van der Waals surface area contributed by atoms with Gasteiger partial charge in [0.2, 0.25) is 5.91 Å². The van der Waals surface area contributed by atoms with E-state index in [0.29, 0.717) is 13.2 Å². The number of benzene rings is 1. The van der Waals surface area contributed by atoms with Crippen molar-refractivity contribution in [2.45, 2.75) is 116 Å². The number of aliphatic hydroxyl groups excluding tert-OH is 1. The van der Waals surface area contributed by atoms with Gasteiger partial charge in [0.1, 0.15) is 11.8 Å². The van der Waals surface area contributed by atoms with Crippen LogP contribution in [0.25, 0.3) is 0 Å². The Balaban J connectivity index is 1.29. The van der Waals surface area contributed by atoms with Crippen LogP contribution in [0.3, 0.4) is 0 Å². The van der Waals surface area contributed by atoms with Gasteiger partial charge in [-0.15, -0.1) is 0 Å². The lowest BCUT2D eigenvalue weighted by atomic mass is 9.85. The number of epoxide rings is 1. The molecule has 11 nitrogen and oxygen atoms in total. The van der Waals surface area contributed by atoms with E-state index in [2.05, 4.69) is 16.3 Å². The van der Waals surface area contributed by atoms with E-state index in [0.717, 1.165) is 50.8 Å². The van der Waals surface area contributed by atoms with Crippen molar-refractivity contribution >= 4 is 12.0 Å². The topological polar surface area (TPSA) is 133 Å². The maximum Gasteiger partial charge on any atom is 0.407 e. The Labute approximate surface area is 242 Å². The molecule has 4 aliphatic rings. The van der Waals surface area contributed by atoms with Crippen LogP contribution in [0, 0.1) is 5.41 Å². The van der Waals surface area contributed by atoms with Crippen molar-refractivity contribution < 1.29 is 38.7 Å². The van der Waals surface area contributed by atoms with Gasteiger partial charge in [0.05, 0.1) is 25.4 Å². The Kier molecular flexibility index (Phi) is 9.40. The Bertz CT molecular complexity index is 1080. The summed E-state index contributed by atoms with van der Waals surface area (Å²) in [6.07, 6.45) is 2.62. The lowest BCUT2D eigenvalue weighted by Gasteiger charge is -2.35. The van der Waals surface area contributed by atoms with Crippen molar-refractivity contribution in [3.05, 3.63) is 29.3 Å². The minimum Gasteiger partial charge on any atom is -0.493 e. The fourth-order valence-electron chi connectivity index (χ4n) is 6.06. The van der Waals surface area contributed by atoms with Gasteiger partial charge in [0.15, 0.2) is 18.8 Å². The molecule has 0 spiro atoms. The summed E-state index contributed by atoms with van der Waals surface area (Å²) in [4.78, 5) is 30.0. The summed E-state index contributed by atoms with van der Waals surface area (Å²) in [7, 11) is 0. The Morgan fingerprint density at radius 3 is 2.37 bits per heavy atom. The van der Waals surface area contributed by atoms with E-state index in [1.165, 1.54) is 16.0 Å². The fourth-order valence-corrected chi connectivity index (χ4v) is 6.06. The third-order valence-corrected chi connectivity index (χ3v) is 8.42. The van der Waals surface area contributed by atoms with Crippen molar-refractivity contribution in [2.24, 2.45) is 5.41 Å². The molecule has 0 aromatic heterocycles. The van der Waals surface area contributed by atoms with Gasteiger partial charge in [-0.2, -0.15) is 0 Å². The predicted molar refractivity (Wildman–Crippen MR) is 148 cm³/mol. The maximum atomic E-state index is 13.7. The molecule has 4 heterocycles. The molecule has 6 unspecified atom stereocenters. The number of aliphatic hydroxyl groups is 2. The van der Waals surface area contributed by atoms with E-state index in [1.807, 2.05) is 32.9 Å². The second-order valence-corrected chi connectivity index (χ2v) is 12.7. The average molecular weight is 576 g/mol. The molecule has 3 N–H and O–H groups in total. The number of amides is 2. The molecular weight excluding hydrogens is 530 g/mol. The number of nitrogens with one attached hydrogen (secondary N) is 1. The number of carbonyl (C=O) groups is 2. The molecular formula is C30H45N3O8. The van der Waals surface area contributed by atoms with Gasteiger partial charge in [-0.1, -0.05) is 58.6 Å². The largest absolute Gasteiger partial charge is 0.493 e. The van der Waals surface area contributed by atoms with Crippen molar-refractivity contribution in [3.63, 3.8) is 0 Å². The van der Waals surface area contributed by atoms with Crippen molar-refractivity contribution in [3.8, 4) is 5.75 Å². The van der Waals surface area contributed by atoms with E-state index in [1.54, 1.807) is 0 Å². The lowest BCUT2D eigenvalue weighted by molar-refractivity contribution is -0.147. The third-order valence-electron chi connectivity index (χ3n) is 8.42. The van der Waals surface area contributed by atoms with Gasteiger partial charge >= 0.3 is 6.09 Å². The number of alkyl carbamates (subject to hydrolysis) is 1. The van der Waals surface area contributed by atoms with Crippen LogP contribution in [0.2, 0.25) is 0 Å². The monoisotopic (exact) mass is 575 g/mol. The summed E-state index contributed by atoms with van der Waals surface area (Å²) < 4.78 is 23.7. The predicted octanol–water partition coefficient (Wildman–Crippen LogP) is 2.86.